The summed E-state index contributed by atoms with van der Waals surface area (Å²) in [6.07, 6.45) is 7.04. The highest BCUT2D eigenvalue weighted by Gasteiger charge is 2.40. The normalized spacial score (nSPS) is 33.8. The van der Waals surface area contributed by atoms with Crippen molar-refractivity contribution in [3.63, 3.8) is 0 Å². The lowest BCUT2D eigenvalue weighted by atomic mass is 9.60. The van der Waals surface area contributed by atoms with E-state index in [1.807, 2.05) is 0 Å². The highest BCUT2D eigenvalue weighted by atomic mass is 79.9. The van der Waals surface area contributed by atoms with Gasteiger partial charge in [0.15, 0.2) is 0 Å². The topological polar surface area (TPSA) is 0 Å². The van der Waals surface area contributed by atoms with Crippen LogP contribution in [0.15, 0.2) is 0 Å². The molecule has 1 atom stereocenters. The SMILES string of the molecule is CCC(C)C1(CBr)CCC(C(C)(C)C)CC1. The number of alkyl halides is 1. The first-order valence-electron chi connectivity index (χ1n) is 6.91. The summed E-state index contributed by atoms with van der Waals surface area (Å²) in [4.78, 5) is 0. The Morgan fingerprint density at radius 1 is 1.25 bits per heavy atom. The summed E-state index contributed by atoms with van der Waals surface area (Å²) in [6, 6.07) is 0. The molecule has 1 rings (SSSR count). The predicted octanol–water partition coefficient (Wildman–Crippen LogP) is 5.65. The van der Waals surface area contributed by atoms with Crippen LogP contribution < -0.4 is 0 Å². The molecule has 1 aliphatic carbocycles. The minimum Gasteiger partial charge on any atom is -0.0922 e. The lowest BCUT2D eigenvalue weighted by molar-refractivity contribution is 0.0633. The van der Waals surface area contributed by atoms with Gasteiger partial charge in [-0.1, -0.05) is 57.0 Å². The van der Waals surface area contributed by atoms with E-state index in [1.54, 1.807) is 0 Å². The van der Waals surface area contributed by atoms with E-state index in [2.05, 4.69) is 50.5 Å². The molecule has 0 amide bonds. The molecule has 0 saturated heterocycles. The van der Waals surface area contributed by atoms with E-state index in [-0.39, 0.29) is 0 Å². The summed E-state index contributed by atoms with van der Waals surface area (Å²) in [5.41, 5.74) is 1.10. The predicted molar refractivity (Wildman–Crippen MR) is 77.1 cm³/mol. The number of hydrogen-bond donors (Lipinski definition) is 0. The fourth-order valence-corrected chi connectivity index (χ4v) is 4.36. The third-order valence-corrected chi connectivity index (χ3v) is 6.25. The van der Waals surface area contributed by atoms with E-state index in [9.17, 15) is 0 Å². The quantitative estimate of drug-likeness (QED) is 0.589. The fourth-order valence-electron chi connectivity index (χ4n) is 3.25. The zero-order valence-electron chi connectivity index (χ0n) is 11.8. The highest BCUT2D eigenvalue weighted by Crippen LogP contribution is 2.50. The van der Waals surface area contributed by atoms with E-state index in [4.69, 9.17) is 0 Å². The Morgan fingerprint density at radius 2 is 1.75 bits per heavy atom. The molecule has 1 fully saturated rings. The van der Waals surface area contributed by atoms with Crippen molar-refractivity contribution in [3.05, 3.63) is 0 Å². The van der Waals surface area contributed by atoms with Crippen molar-refractivity contribution in [3.8, 4) is 0 Å². The lowest BCUT2D eigenvalue weighted by Crippen LogP contribution is -2.38. The van der Waals surface area contributed by atoms with Crippen LogP contribution in [0.3, 0.4) is 0 Å². The van der Waals surface area contributed by atoms with Gasteiger partial charge in [-0.15, -0.1) is 0 Å². The van der Waals surface area contributed by atoms with Gasteiger partial charge < -0.3 is 0 Å². The van der Waals surface area contributed by atoms with Crippen LogP contribution in [0.5, 0.6) is 0 Å². The van der Waals surface area contributed by atoms with E-state index < -0.39 is 0 Å². The second kappa shape index (κ2) is 5.42. The third-order valence-electron chi connectivity index (χ3n) is 5.13. The second-order valence-corrected chi connectivity index (χ2v) is 7.51. The molecule has 16 heavy (non-hydrogen) atoms. The maximum Gasteiger partial charge on any atom is 0.00905 e. The van der Waals surface area contributed by atoms with E-state index in [0.29, 0.717) is 10.8 Å². The van der Waals surface area contributed by atoms with Crippen molar-refractivity contribution >= 4 is 15.9 Å². The van der Waals surface area contributed by atoms with Crippen molar-refractivity contribution in [1.29, 1.82) is 0 Å². The molecule has 1 aliphatic rings. The molecule has 0 heterocycles. The Morgan fingerprint density at radius 3 is 2.06 bits per heavy atom. The van der Waals surface area contributed by atoms with Crippen LogP contribution in [0.4, 0.5) is 0 Å². The van der Waals surface area contributed by atoms with Gasteiger partial charge in [0.25, 0.3) is 0 Å². The number of hydrogen-bond acceptors (Lipinski definition) is 0. The Kier molecular flexibility index (Phi) is 4.92. The molecule has 0 nitrogen and oxygen atoms in total. The van der Waals surface area contributed by atoms with Crippen LogP contribution in [0.2, 0.25) is 0 Å². The second-order valence-electron chi connectivity index (χ2n) is 6.95. The molecule has 1 unspecified atom stereocenters. The average molecular weight is 289 g/mol. The summed E-state index contributed by atoms with van der Waals surface area (Å²) >= 11 is 3.78. The minimum atomic E-state index is 0.508. The van der Waals surface area contributed by atoms with Crippen molar-refractivity contribution in [2.45, 2.75) is 66.7 Å². The summed E-state index contributed by atoms with van der Waals surface area (Å²) in [6.45, 7) is 12.0. The molecule has 0 spiro atoms. The summed E-state index contributed by atoms with van der Waals surface area (Å²) < 4.78 is 0. The third kappa shape index (κ3) is 3.03. The van der Waals surface area contributed by atoms with Gasteiger partial charge in [0.2, 0.25) is 0 Å². The van der Waals surface area contributed by atoms with Crippen LogP contribution in [-0.4, -0.2) is 5.33 Å². The number of rotatable bonds is 3. The number of halogens is 1. The summed E-state index contributed by atoms with van der Waals surface area (Å²) in [5, 5.41) is 1.20. The first-order valence-corrected chi connectivity index (χ1v) is 8.04. The van der Waals surface area contributed by atoms with E-state index in [1.165, 1.54) is 37.4 Å². The molecule has 1 saturated carbocycles. The van der Waals surface area contributed by atoms with E-state index in [0.717, 1.165) is 11.8 Å². The minimum absolute atomic E-state index is 0.508. The van der Waals surface area contributed by atoms with Crippen LogP contribution in [0.1, 0.15) is 66.7 Å². The van der Waals surface area contributed by atoms with Gasteiger partial charge in [0.05, 0.1) is 0 Å². The lowest BCUT2D eigenvalue weighted by Gasteiger charge is -2.46. The molecule has 1 heteroatoms. The van der Waals surface area contributed by atoms with Gasteiger partial charge in [-0.25, -0.2) is 0 Å². The maximum atomic E-state index is 3.78. The Hall–Kier alpha value is 0.480. The van der Waals surface area contributed by atoms with Gasteiger partial charge >= 0.3 is 0 Å². The largest absolute Gasteiger partial charge is 0.0922 e. The monoisotopic (exact) mass is 288 g/mol. The molecule has 96 valence electrons. The van der Waals surface area contributed by atoms with Crippen LogP contribution in [0.25, 0.3) is 0 Å². The zero-order valence-corrected chi connectivity index (χ0v) is 13.4. The summed E-state index contributed by atoms with van der Waals surface area (Å²) in [5.74, 6) is 1.80. The van der Waals surface area contributed by atoms with Crippen molar-refractivity contribution < 1.29 is 0 Å². The molecule has 0 aromatic heterocycles. The Balaban J connectivity index is 2.64. The maximum absolute atomic E-state index is 3.78. The summed E-state index contributed by atoms with van der Waals surface area (Å²) in [7, 11) is 0. The van der Waals surface area contributed by atoms with Gasteiger partial charge in [-0.05, 0) is 48.3 Å². The molecule has 0 aliphatic heterocycles. The first-order chi connectivity index (χ1) is 7.35. The molecule has 0 aromatic carbocycles. The Bertz CT molecular complexity index is 206. The van der Waals surface area contributed by atoms with Gasteiger partial charge in [0, 0.05) is 5.33 Å². The van der Waals surface area contributed by atoms with Crippen molar-refractivity contribution in [1.82, 2.24) is 0 Å². The molecular weight excluding hydrogens is 260 g/mol. The van der Waals surface area contributed by atoms with Gasteiger partial charge in [0.1, 0.15) is 0 Å². The highest BCUT2D eigenvalue weighted by molar-refractivity contribution is 9.09. The fraction of sp³-hybridized carbons (Fsp3) is 1.00. The smallest absolute Gasteiger partial charge is 0.00905 e. The van der Waals surface area contributed by atoms with Gasteiger partial charge in [-0.2, -0.15) is 0 Å². The van der Waals surface area contributed by atoms with Crippen LogP contribution >= 0.6 is 15.9 Å². The molecule has 0 N–H and O–H groups in total. The molecular formula is C15H29Br. The molecule has 0 aromatic rings. The van der Waals surface area contributed by atoms with Crippen molar-refractivity contribution in [2.75, 3.05) is 5.33 Å². The van der Waals surface area contributed by atoms with E-state index >= 15 is 0 Å². The average Bonchev–Trinajstić information content (AvgIpc) is 2.26. The standard InChI is InChI=1S/C15H29Br/c1-6-12(2)15(11-16)9-7-13(8-10-15)14(3,4)5/h12-13H,6-11H2,1-5H3. The molecule has 0 radical (unpaired) electrons. The Labute approximate surface area is 111 Å². The molecule has 0 bridgehead atoms. The van der Waals surface area contributed by atoms with Crippen LogP contribution in [0, 0.1) is 22.7 Å². The van der Waals surface area contributed by atoms with Gasteiger partial charge in [-0.3, -0.25) is 0 Å². The first kappa shape index (κ1) is 14.5. The zero-order chi connectivity index (χ0) is 12.4. The van der Waals surface area contributed by atoms with Crippen LogP contribution in [-0.2, 0) is 0 Å². The van der Waals surface area contributed by atoms with Crippen molar-refractivity contribution in [2.24, 2.45) is 22.7 Å².